The molecule has 1 unspecified atom stereocenters. The molecule has 6 heteroatoms. The largest absolute Gasteiger partial charge is 0.479 e. The predicted octanol–water partition coefficient (Wildman–Crippen LogP) is 2.37. The summed E-state index contributed by atoms with van der Waals surface area (Å²) in [6.07, 6.45) is 0.596. The van der Waals surface area contributed by atoms with Crippen molar-refractivity contribution in [2.75, 3.05) is 0 Å². The van der Waals surface area contributed by atoms with Gasteiger partial charge in [-0.2, -0.15) is 10.1 Å². The van der Waals surface area contributed by atoms with Crippen LogP contribution in [0.2, 0.25) is 0 Å². The number of carbonyl (C=O) groups is 2. The van der Waals surface area contributed by atoms with E-state index in [1.54, 1.807) is 13.0 Å². The van der Waals surface area contributed by atoms with Crippen LogP contribution in [-0.4, -0.2) is 38.5 Å². The molecule has 1 atom stereocenters. The number of hydrazone groups is 1. The van der Waals surface area contributed by atoms with Crippen LogP contribution in [0.1, 0.15) is 19.4 Å². The first-order valence-electron chi connectivity index (χ1n) is 6.42. The summed E-state index contributed by atoms with van der Waals surface area (Å²) in [5.41, 5.74) is 0.149. The van der Waals surface area contributed by atoms with Gasteiger partial charge in [0.15, 0.2) is 5.54 Å². The zero-order valence-corrected chi connectivity index (χ0v) is 11.8. The lowest BCUT2D eigenvalue weighted by molar-refractivity contribution is -0.147. The van der Waals surface area contributed by atoms with Crippen LogP contribution < -0.4 is 0 Å². The zero-order chi connectivity index (χ0) is 15.6. The van der Waals surface area contributed by atoms with E-state index in [-0.39, 0.29) is 0 Å². The first-order valence-corrected chi connectivity index (χ1v) is 6.42. The van der Waals surface area contributed by atoms with Crippen molar-refractivity contribution in [2.24, 2.45) is 5.10 Å². The Hall–Kier alpha value is -2.63. The second-order valence-corrected chi connectivity index (χ2v) is 5.05. The van der Waals surface area contributed by atoms with Crippen molar-refractivity contribution in [1.82, 2.24) is 5.01 Å². The summed E-state index contributed by atoms with van der Waals surface area (Å²) >= 11 is 0. The van der Waals surface area contributed by atoms with Gasteiger partial charge in [-0.15, -0.1) is 0 Å². The Morgan fingerprint density at radius 3 is 2.38 bits per heavy atom. The van der Waals surface area contributed by atoms with Crippen molar-refractivity contribution in [3.8, 4) is 0 Å². The minimum absolute atomic E-state index is 0.347. The number of hydrogen-bond acceptors (Lipinski definition) is 3. The standard InChI is InChI=1S/C15H16N2O4/c1-10-8-12(9-11-6-4-3-5-7-11)15(2,13(18)19)17(16-10)14(20)21/h3-8H,9H2,1-2H3,(H,18,19)(H,20,21). The van der Waals surface area contributed by atoms with Crippen molar-refractivity contribution in [1.29, 1.82) is 0 Å². The molecule has 1 aliphatic rings. The summed E-state index contributed by atoms with van der Waals surface area (Å²) < 4.78 is 0. The maximum absolute atomic E-state index is 11.7. The predicted molar refractivity (Wildman–Crippen MR) is 77.2 cm³/mol. The second kappa shape index (κ2) is 5.40. The van der Waals surface area contributed by atoms with Crippen LogP contribution in [0.15, 0.2) is 47.1 Å². The molecule has 1 aromatic carbocycles. The van der Waals surface area contributed by atoms with E-state index in [1.807, 2.05) is 30.3 Å². The normalized spacial score (nSPS) is 21.5. The molecule has 1 aromatic rings. The molecule has 6 nitrogen and oxygen atoms in total. The smallest absolute Gasteiger partial charge is 0.429 e. The van der Waals surface area contributed by atoms with Crippen LogP contribution >= 0.6 is 0 Å². The topological polar surface area (TPSA) is 90.2 Å². The molecule has 0 spiro atoms. The number of amides is 1. The Morgan fingerprint density at radius 1 is 1.24 bits per heavy atom. The molecule has 0 fully saturated rings. The lowest BCUT2D eigenvalue weighted by Crippen LogP contribution is -2.55. The third-order valence-electron chi connectivity index (χ3n) is 3.52. The number of rotatable bonds is 3. The van der Waals surface area contributed by atoms with E-state index in [9.17, 15) is 19.8 Å². The van der Waals surface area contributed by atoms with E-state index in [2.05, 4.69) is 5.10 Å². The highest BCUT2D eigenvalue weighted by Gasteiger charge is 2.48. The van der Waals surface area contributed by atoms with Crippen LogP contribution in [0.25, 0.3) is 0 Å². The molecule has 110 valence electrons. The van der Waals surface area contributed by atoms with Gasteiger partial charge in [0.1, 0.15) is 0 Å². The van der Waals surface area contributed by atoms with Crippen LogP contribution in [-0.2, 0) is 11.2 Å². The zero-order valence-electron chi connectivity index (χ0n) is 11.8. The van der Waals surface area contributed by atoms with Crippen LogP contribution in [0.5, 0.6) is 0 Å². The summed E-state index contributed by atoms with van der Waals surface area (Å²) in [5.74, 6) is -1.25. The van der Waals surface area contributed by atoms with Gasteiger partial charge in [-0.05, 0) is 37.5 Å². The molecule has 2 N–H and O–H groups in total. The molecule has 0 aromatic heterocycles. The van der Waals surface area contributed by atoms with Gasteiger partial charge >= 0.3 is 12.1 Å². The van der Waals surface area contributed by atoms with Crippen molar-refractivity contribution in [3.05, 3.63) is 47.5 Å². The van der Waals surface area contributed by atoms with E-state index >= 15 is 0 Å². The van der Waals surface area contributed by atoms with Crippen LogP contribution in [0.3, 0.4) is 0 Å². The molecule has 0 saturated carbocycles. The lowest BCUT2D eigenvalue weighted by Gasteiger charge is -2.37. The van der Waals surface area contributed by atoms with E-state index in [0.717, 1.165) is 5.56 Å². The molecule has 21 heavy (non-hydrogen) atoms. The quantitative estimate of drug-likeness (QED) is 0.893. The summed E-state index contributed by atoms with van der Waals surface area (Å²) in [4.78, 5) is 23.0. The third kappa shape index (κ3) is 2.65. The average Bonchev–Trinajstić information content (AvgIpc) is 2.43. The van der Waals surface area contributed by atoms with Crippen molar-refractivity contribution in [3.63, 3.8) is 0 Å². The van der Waals surface area contributed by atoms with Gasteiger partial charge in [-0.1, -0.05) is 30.3 Å². The Labute approximate surface area is 122 Å². The van der Waals surface area contributed by atoms with Gasteiger partial charge in [-0.3, -0.25) is 0 Å². The van der Waals surface area contributed by atoms with E-state index < -0.39 is 17.6 Å². The molecule has 0 aliphatic carbocycles. The number of carboxylic acids is 1. The van der Waals surface area contributed by atoms with Crippen LogP contribution in [0, 0.1) is 0 Å². The number of aliphatic carboxylic acids is 1. The molecule has 2 rings (SSSR count). The maximum atomic E-state index is 11.7. The number of carboxylic acid groups (broad SMARTS) is 2. The Bertz CT molecular complexity index is 636. The van der Waals surface area contributed by atoms with Crippen molar-refractivity contribution < 1.29 is 19.8 Å². The number of hydrogen-bond donors (Lipinski definition) is 2. The first-order chi connectivity index (χ1) is 9.85. The van der Waals surface area contributed by atoms with Crippen LogP contribution in [0.4, 0.5) is 4.79 Å². The van der Waals surface area contributed by atoms with Gasteiger partial charge in [0.05, 0.1) is 5.71 Å². The van der Waals surface area contributed by atoms with Gasteiger partial charge in [-0.25, -0.2) is 9.59 Å². The number of nitrogens with zero attached hydrogens (tertiary/aromatic N) is 2. The molecule has 0 saturated heterocycles. The van der Waals surface area contributed by atoms with E-state index in [0.29, 0.717) is 22.7 Å². The van der Waals surface area contributed by atoms with E-state index in [1.165, 1.54) is 6.92 Å². The first kappa shape index (κ1) is 14.8. The fourth-order valence-corrected chi connectivity index (χ4v) is 2.32. The van der Waals surface area contributed by atoms with Gasteiger partial charge in [0.25, 0.3) is 0 Å². The molecule has 0 bridgehead atoms. The minimum Gasteiger partial charge on any atom is -0.479 e. The fourth-order valence-electron chi connectivity index (χ4n) is 2.32. The Morgan fingerprint density at radius 2 is 1.86 bits per heavy atom. The van der Waals surface area contributed by atoms with E-state index in [4.69, 9.17) is 0 Å². The molecule has 0 radical (unpaired) electrons. The Balaban J connectivity index is 2.47. The molecule has 1 heterocycles. The summed E-state index contributed by atoms with van der Waals surface area (Å²) in [6, 6.07) is 9.31. The second-order valence-electron chi connectivity index (χ2n) is 5.05. The highest BCUT2D eigenvalue weighted by Crippen LogP contribution is 2.31. The molecular formula is C15H16N2O4. The van der Waals surface area contributed by atoms with Crippen molar-refractivity contribution >= 4 is 17.8 Å². The minimum atomic E-state index is -1.71. The molecular weight excluding hydrogens is 272 g/mol. The molecule has 1 amide bonds. The van der Waals surface area contributed by atoms with Crippen molar-refractivity contribution in [2.45, 2.75) is 25.8 Å². The highest BCUT2D eigenvalue weighted by atomic mass is 16.4. The average molecular weight is 288 g/mol. The third-order valence-corrected chi connectivity index (χ3v) is 3.52. The summed E-state index contributed by atoms with van der Waals surface area (Å²) in [5, 5.41) is 23.2. The number of allylic oxidation sites excluding steroid dienone is 1. The summed E-state index contributed by atoms with van der Waals surface area (Å²) in [7, 11) is 0. The fraction of sp³-hybridized carbons (Fsp3) is 0.267. The van der Waals surface area contributed by atoms with Gasteiger partial charge in [0, 0.05) is 0 Å². The maximum Gasteiger partial charge on any atom is 0.429 e. The van der Waals surface area contributed by atoms with Gasteiger partial charge < -0.3 is 10.2 Å². The summed E-state index contributed by atoms with van der Waals surface area (Å²) in [6.45, 7) is 3.00. The monoisotopic (exact) mass is 288 g/mol. The Kier molecular flexibility index (Phi) is 3.80. The molecule has 1 aliphatic heterocycles. The number of benzene rings is 1. The lowest BCUT2D eigenvalue weighted by atomic mass is 9.84. The SMILES string of the molecule is CC1=NN(C(=O)O)C(C)(C(=O)O)C(Cc2ccccc2)=C1. The van der Waals surface area contributed by atoms with Gasteiger partial charge in [0.2, 0.25) is 0 Å². The highest BCUT2D eigenvalue weighted by molar-refractivity contribution is 5.99.